The molecule has 0 aliphatic carbocycles. The van der Waals surface area contributed by atoms with Crippen molar-refractivity contribution in [1.29, 1.82) is 0 Å². The van der Waals surface area contributed by atoms with E-state index in [2.05, 4.69) is 37.8 Å². The maximum atomic E-state index is 8.56. The summed E-state index contributed by atoms with van der Waals surface area (Å²) in [5.41, 5.74) is 2.47. The molecule has 0 radical (unpaired) electrons. The van der Waals surface area contributed by atoms with Crippen LogP contribution in [-0.4, -0.2) is 16.4 Å². The van der Waals surface area contributed by atoms with Gasteiger partial charge < -0.3 is 10.2 Å². The first-order valence-electron chi connectivity index (χ1n) is 3.67. The predicted molar refractivity (Wildman–Crippen MR) is 51.9 cm³/mol. The average Bonchev–Trinajstić information content (AvgIpc) is 2.05. The molecule has 1 aromatic rings. The summed E-state index contributed by atoms with van der Waals surface area (Å²) < 4.78 is 0. The second-order valence-corrected chi connectivity index (χ2v) is 2.40. The highest BCUT2D eigenvalue weighted by Gasteiger charge is 1.82. The standard InChI is InChI=1S/C9H10.CH2O3/c1-3-9-6-4-8(2)5-7-9;2-1(3)4/h3-7H,1H2,2H3;(H2,2,3,4). The van der Waals surface area contributed by atoms with Crippen LogP contribution in [0.4, 0.5) is 4.79 Å². The van der Waals surface area contributed by atoms with Gasteiger partial charge in [-0.25, -0.2) is 4.79 Å². The maximum Gasteiger partial charge on any atom is 0.503 e. The van der Waals surface area contributed by atoms with Crippen LogP contribution in [0.2, 0.25) is 0 Å². The van der Waals surface area contributed by atoms with Crippen molar-refractivity contribution < 1.29 is 15.0 Å². The minimum Gasteiger partial charge on any atom is -0.450 e. The Morgan fingerprint density at radius 2 is 1.69 bits per heavy atom. The predicted octanol–water partition coefficient (Wildman–Crippen LogP) is 2.86. The van der Waals surface area contributed by atoms with Crippen LogP contribution < -0.4 is 0 Å². The SMILES string of the molecule is C=Cc1ccc(C)cc1.O=C(O)O. The molecule has 2 N–H and O–H groups in total. The van der Waals surface area contributed by atoms with Crippen LogP contribution in [0, 0.1) is 6.92 Å². The summed E-state index contributed by atoms with van der Waals surface area (Å²) >= 11 is 0. The fourth-order valence-electron chi connectivity index (χ4n) is 0.703. The molecule has 0 aliphatic heterocycles. The van der Waals surface area contributed by atoms with Crippen molar-refractivity contribution in [3.63, 3.8) is 0 Å². The number of rotatable bonds is 1. The molecule has 0 saturated carbocycles. The fraction of sp³-hybridized carbons (Fsp3) is 0.100. The zero-order chi connectivity index (χ0) is 10.3. The normalized spacial score (nSPS) is 8.08. The summed E-state index contributed by atoms with van der Waals surface area (Å²) in [6, 6.07) is 8.28. The Kier molecular flexibility index (Phi) is 5.03. The van der Waals surface area contributed by atoms with Gasteiger partial charge in [0, 0.05) is 0 Å². The molecule has 1 rings (SSSR count). The van der Waals surface area contributed by atoms with E-state index >= 15 is 0 Å². The van der Waals surface area contributed by atoms with Crippen molar-refractivity contribution in [3.8, 4) is 0 Å². The van der Waals surface area contributed by atoms with Gasteiger partial charge in [0.25, 0.3) is 0 Å². The van der Waals surface area contributed by atoms with E-state index in [9.17, 15) is 0 Å². The smallest absolute Gasteiger partial charge is 0.450 e. The van der Waals surface area contributed by atoms with E-state index in [-0.39, 0.29) is 0 Å². The first-order valence-corrected chi connectivity index (χ1v) is 3.67. The molecular formula is C10H12O3. The number of carboxylic acid groups (broad SMARTS) is 2. The number of hydrogen-bond donors (Lipinski definition) is 2. The number of hydrogen-bond acceptors (Lipinski definition) is 1. The van der Waals surface area contributed by atoms with Crippen LogP contribution in [-0.2, 0) is 0 Å². The van der Waals surface area contributed by atoms with Gasteiger partial charge in [-0.05, 0) is 12.5 Å². The molecule has 0 fully saturated rings. The van der Waals surface area contributed by atoms with E-state index in [1.165, 1.54) is 11.1 Å². The number of aryl methyl sites for hydroxylation is 1. The van der Waals surface area contributed by atoms with Crippen LogP contribution >= 0.6 is 0 Å². The number of benzene rings is 1. The summed E-state index contributed by atoms with van der Waals surface area (Å²) in [6.45, 7) is 5.74. The van der Waals surface area contributed by atoms with Gasteiger partial charge in [0.2, 0.25) is 0 Å². The molecule has 3 nitrogen and oxygen atoms in total. The van der Waals surface area contributed by atoms with Gasteiger partial charge in [0.1, 0.15) is 0 Å². The molecular weight excluding hydrogens is 168 g/mol. The van der Waals surface area contributed by atoms with Crippen molar-refractivity contribution in [2.24, 2.45) is 0 Å². The lowest BCUT2D eigenvalue weighted by atomic mass is 10.2. The molecule has 0 aromatic heterocycles. The van der Waals surface area contributed by atoms with E-state index < -0.39 is 6.16 Å². The van der Waals surface area contributed by atoms with Gasteiger partial charge >= 0.3 is 6.16 Å². The maximum absolute atomic E-state index is 8.56. The van der Waals surface area contributed by atoms with Crippen LogP contribution in [0.15, 0.2) is 30.8 Å². The number of carbonyl (C=O) groups is 1. The van der Waals surface area contributed by atoms with Gasteiger partial charge in [-0.15, -0.1) is 0 Å². The molecule has 70 valence electrons. The minimum atomic E-state index is -1.83. The van der Waals surface area contributed by atoms with E-state index in [4.69, 9.17) is 15.0 Å². The van der Waals surface area contributed by atoms with Crippen molar-refractivity contribution in [2.75, 3.05) is 0 Å². The fourth-order valence-corrected chi connectivity index (χ4v) is 0.703. The van der Waals surface area contributed by atoms with E-state index in [0.29, 0.717) is 0 Å². The Hall–Kier alpha value is -1.77. The molecule has 0 heterocycles. The van der Waals surface area contributed by atoms with Crippen LogP contribution in [0.3, 0.4) is 0 Å². The highest BCUT2D eigenvalue weighted by Crippen LogP contribution is 2.02. The summed E-state index contributed by atoms with van der Waals surface area (Å²) in [6.07, 6.45) is 0.0133. The molecule has 0 saturated heterocycles. The Labute approximate surface area is 77.0 Å². The van der Waals surface area contributed by atoms with Crippen molar-refractivity contribution in [2.45, 2.75) is 6.92 Å². The lowest BCUT2D eigenvalue weighted by Crippen LogP contribution is -1.81. The highest BCUT2D eigenvalue weighted by atomic mass is 16.6. The van der Waals surface area contributed by atoms with Crippen molar-refractivity contribution in [1.82, 2.24) is 0 Å². The summed E-state index contributed by atoms with van der Waals surface area (Å²) in [4.78, 5) is 8.56. The quantitative estimate of drug-likeness (QED) is 0.698. The third kappa shape index (κ3) is 6.62. The molecule has 1 aromatic carbocycles. The first kappa shape index (κ1) is 11.2. The second kappa shape index (κ2) is 5.83. The molecule has 0 aliphatic rings. The molecule has 0 spiro atoms. The lowest BCUT2D eigenvalue weighted by molar-refractivity contribution is 0.137. The molecule has 0 amide bonds. The van der Waals surface area contributed by atoms with Crippen molar-refractivity contribution in [3.05, 3.63) is 42.0 Å². The summed E-state index contributed by atoms with van der Waals surface area (Å²) in [5, 5.41) is 13.9. The van der Waals surface area contributed by atoms with E-state index in [0.717, 1.165) is 0 Å². The Balaban J connectivity index is 0.000000310. The molecule has 3 heteroatoms. The van der Waals surface area contributed by atoms with E-state index in [1.54, 1.807) is 0 Å². The molecule has 0 atom stereocenters. The lowest BCUT2D eigenvalue weighted by Gasteiger charge is -1.91. The van der Waals surface area contributed by atoms with Gasteiger partial charge in [-0.2, -0.15) is 0 Å². The molecule has 0 bridgehead atoms. The summed E-state index contributed by atoms with van der Waals surface area (Å²) in [5.74, 6) is 0. The zero-order valence-electron chi connectivity index (χ0n) is 7.40. The van der Waals surface area contributed by atoms with E-state index in [1.807, 2.05) is 6.08 Å². The first-order chi connectivity index (χ1) is 6.06. The highest BCUT2D eigenvalue weighted by molar-refractivity contribution is 5.53. The van der Waals surface area contributed by atoms with Crippen LogP contribution in [0.5, 0.6) is 0 Å². The van der Waals surface area contributed by atoms with Gasteiger partial charge in [-0.1, -0.05) is 42.5 Å². The Morgan fingerprint density at radius 3 is 2.00 bits per heavy atom. The van der Waals surface area contributed by atoms with Gasteiger partial charge in [0.05, 0.1) is 0 Å². The monoisotopic (exact) mass is 180 g/mol. The zero-order valence-corrected chi connectivity index (χ0v) is 7.40. The molecule has 0 unspecified atom stereocenters. The molecule has 13 heavy (non-hydrogen) atoms. The van der Waals surface area contributed by atoms with Gasteiger partial charge in [-0.3, -0.25) is 0 Å². The van der Waals surface area contributed by atoms with Crippen molar-refractivity contribution >= 4 is 12.2 Å². The average molecular weight is 180 g/mol. The Morgan fingerprint density at radius 1 is 1.31 bits per heavy atom. The minimum absolute atomic E-state index is 1.18. The van der Waals surface area contributed by atoms with Crippen LogP contribution in [0.1, 0.15) is 11.1 Å². The Bertz CT molecular complexity index is 271. The topological polar surface area (TPSA) is 57.5 Å². The largest absolute Gasteiger partial charge is 0.503 e. The van der Waals surface area contributed by atoms with Gasteiger partial charge in [0.15, 0.2) is 0 Å². The second-order valence-electron chi connectivity index (χ2n) is 2.40. The summed E-state index contributed by atoms with van der Waals surface area (Å²) in [7, 11) is 0. The third-order valence-electron chi connectivity index (χ3n) is 1.31. The van der Waals surface area contributed by atoms with Crippen LogP contribution in [0.25, 0.3) is 6.08 Å². The third-order valence-corrected chi connectivity index (χ3v) is 1.31.